The van der Waals surface area contributed by atoms with Crippen LogP contribution < -0.4 is 10.6 Å². The first-order chi connectivity index (χ1) is 10.8. The van der Waals surface area contributed by atoms with Crippen LogP contribution in [0.4, 0.5) is 0 Å². The van der Waals surface area contributed by atoms with E-state index in [0.29, 0.717) is 12.3 Å². The second-order valence-electron chi connectivity index (χ2n) is 6.58. The molecule has 0 aromatic heterocycles. The van der Waals surface area contributed by atoms with Gasteiger partial charge in [-0.1, -0.05) is 25.7 Å². The highest BCUT2D eigenvalue weighted by Crippen LogP contribution is 2.28. The van der Waals surface area contributed by atoms with Gasteiger partial charge in [0.05, 0.1) is 25.1 Å². The van der Waals surface area contributed by atoms with Gasteiger partial charge in [0.1, 0.15) is 0 Å². The molecule has 132 valence electrons. The number of rotatable bonds is 10. The molecule has 0 aromatic carbocycles. The third-order valence-electron chi connectivity index (χ3n) is 4.15. The average Bonchev–Trinajstić information content (AvgIpc) is 2.95. The number of carbonyl (C=O) groups excluding carboxylic acids is 2. The summed E-state index contributed by atoms with van der Waals surface area (Å²) in [6, 6.07) is 0. The number of carboxylic acids is 1. The largest absolute Gasteiger partial charge is 0.481 e. The van der Waals surface area contributed by atoms with Crippen LogP contribution in [0.15, 0.2) is 0 Å². The van der Waals surface area contributed by atoms with E-state index in [2.05, 4.69) is 10.6 Å². The maximum Gasteiger partial charge on any atom is 0.305 e. The molecule has 1 aliphatic carbocycles. The molecule has 0 aromatic rings. The van der Waals surface area contributed by atoms with Crippen LogP contribution in [-0.4, -0.2) is 48.7 Å². The van der Waals surface area contributed by atoms with E-state index in [-0.39, 0.29) is 25.5 Å². The molecule has 7 nitrogen and oxygen atoms in total. The molecule has 1 fully saturated rings. The van der Waals surface area contributed by atoms with Gasteiger partial charge in [0.15, 0.2) is 0 Å². The third kappa shape index (κ3) is 7.97. The molecular weight excluding hydrogens is 300 g/mol. The number of carbonyl (C=O) groups is 3. The fraction of sp³-hybridized carbons (Fsp3) is 0.812. The first-order valence-electron chi connectivity index (χ1n) is 8.13. The summed E-state index contributed by atoms with van der Waals surface area (Å²) in [7, 11) is 1.44. The van der Waals surface area contributed by atoms with Gasteiger partial charge in [-0.05, 0) is 19.3 Å². The molecule has 1 aliphatic rings. The van der Waals surface area contributed by atoms with Crippen LogP contribution in [0.3, 0.4) is 0 Å². The molecule has 0 radical (unpaired) electrons. The minimum absolute atomic E-state index is 0.0840. The highest BCUT2D eigenvalue weighted by atomic mass is 16.5. The number of carboxylic acid groups (broad SMARTS) is 1. The van der Waals surface area contributed by atoms with Crippen molar-refractivity contribution in [3.63, 3.8) is 0 Å². The van der Waals surface area contributed by atoms with Gasteiger partial charge in [-0.25, -0.2) is 0 Å². The molecule has 23 heavy (non-hydrogen) atoms. The number of ether oxygens (including phenoxy) is 1. The Morgan fingerprint density at radius 3 is 2.43 bits per heavy atom. The molecule has 3 N–H and O–H groups in total. The van der Waals surface area contributed by atoms with Crippen molar-refractivity contribution < 1.29 is 24.2 Å². The van der Waals surface area contributed by atoms with Crippen LogP contribution in [-0.2, 0) is 19.1 Å². The molecule has 0 aliphatic heterocycles. The van der Waals surface area contributed by atoms with E-state index in [9.17, 15) is 14.4 Å². The highest BCUT2D eigenvalue weighted by Gasteiger charge is 2.29. The Balaban J connectivity index is 2.30. The van der Waals surface area contributed by atoms with E-state index in [1.807, 2.05) is 0 Å². The first kappa shape index (κ1) is 19.4. The van der Waals surface area contributed by atoms with Crippen molar-refractivity contribution in [2.24, 2.45) is 5.92 Å². The number of nitrogens with one attached hydrogen (secondary N) is 2. The molecule has 2 amide bonds. The molecule has 0 bridgehead atoms. The molecule has 0 heterocycles. The van der Waals surface area contributed by atoms with Gasteiger partial charge >= 0.3 is 5.97 Å². The fourth-order valence-electron chi connectivity index (χ4n) is 3.07. The minimum atomic E-state index is -1.02. The lowest BCUT2D eigenvalue weighted by atomic mass is 9.99. The number of hydrogen-bond donors (Lipinski definition) is 3. The predicted octanol–water partition coefficient (Wildman–Crippen LogP) is 1.07. The summed E-state index contributed by atoms with van der Waals surface area (Å²) in [5.41, 5.74) is -0.994. The molecular formula is C16H28N2O5. The Morgan fingerprint density at radius 1 is 1.22 bits per heavy atom. The summed E-state index contributed by atoms with van der Waals surface area (Å²) in [6.07, 6.45) is 5.93. The topological polar surface area (TPSA) is 105 Å². The molecule has 1 saturated carbocycles. The average molecular weight is 328 g/mol. The summed E-state index contributed by atoms with van der Waals surface area (Å²) in [6.45, 7) is 1.54. The minimum Gasteiger partial charge on any atom is -0.481 e. The summed E-state index contributed by atoms with van der Waals surface area (Å²) in [4.78, 5) is 34.5. The lowest BCUT2D eigenvalue weighted by molar-refractivity contribution is -0.140. The molecule has 7 heteroatoms. The van der Waals surface area contributed by atoms with Crippen molar-refractivity contribution in [3.05, 3.63) is 0 Å². The normalized spacial score (nSPS) is 17.5. The van der Waals surface area contributed by atoms with Crippen molar-refractivity contribution in [3.8, 4) is 0 Å². The Labute approximate surface area is 137 Å². The Kier molecular flexibility index (Phi) is 8.02. The Hall–Kier alpha value is -1.63. The van der Waals surface area contributed by atoms with Crippen molar-refractivity contribution in [2.45, 2.75) is 57.4 Å². The van der Waals surface area contributed by atoms with E-state index in [1.54, 1.807) is 6.92 Å². The van der Waals surface area contributed by atoms with Gasteiger partial charge < -0.3 is 20.5 Å². The zero-order valence-electron chi connectivity index (χ0n) is 14.0. The summed E-state index contributed by atoms with van der Waals surface area (Å²) in [5.74, 6) is -0.945. The van der Waals surface area contributed by atoms with E-state index >= 15 is 0 Å². The van der Waals surface area contributed by atoms with Crippen LogP contribution in [0.2, 0.25) is 0 Å². The van der Waals surface area contributed by atoms with Crippen molar-refractivity contribution in [1.82, 2.24) is 10.6 Å². The van der Waals surface area contributed by atoms with Gasteiger partial charge in [-0.2, -0.15) is 0 Å². The maximum absolute atomic E-state index is 11.9. The fourth-order valence-corrected chi connectivity index (χ4v) is 3.07. The van der Waals surface area contributed by atoms with Crippen LogP contribution in [0, 0.1) is 5.92 Å². The third-order valence-corrected chi connectivity index (χ3v) is 4.15. The lowest BCUT2D eigenvalue weighted by Gasteiger charge is -2.28. The molecule has 0 unspecified atom stereocenters. The number of aliphatic carboxylic acids is 1. The first-order valence-corrected chi connectivity index (χ1v) is 8.13. The van der Waals surface area contributed by atoms with E-state index in [0.717, 1.165) is 6.42 Å². The number of methoxy groups -OCH3 is 1. The van der Waals surface area contributed by atoms with Gasteiger partial charge in [0, 0.05) is 13.5 Å². The van der Waals surface area contributed by atoms with E-state index in [1.165, 1.54) is 32.8 Å². The SMILES string of the molecule is COC[C@@](C)(CC(=O)O)NC(=O)CNC(=O)CCC1CCCC1. The van der Waals surface area contributed by atoms with Crippen LogP contribution in [0.1, 0.15) is 51.9 Å². The standard InChI is InChI=1S/C16H28N2O5/c1-16(11-23-2,9-15(21)22)18-14(20)10-17-13(19)8-7-12-5-3-4-6-12/h12H,3-11H2,1-2H3,(H,17,19)(H,18,20)(H,21,22)/t16-/m1/s1. The van der Waals surface area contributed by atoms with Gasteiger partial charge in [0.2, 0.25) is 11.8 Å². The Morgan fingerprint density at radius 2 is 1.87 bits per heavy atom. The quantitative estimate of drug-likeness (QED) is 0.556. The monoisotopic (exact) mass is 328 g/mol. The van der Waals surface area contributed by atoms with Crippen molar-refractivity contribution >= 4 is 17.8 Å². The molecule has 1 rings (SSSR count). The smallest absolute Gasteiger partial charge is 0.305 e. The predicted molar refractivity (Wildman–Crippen MR) is 84.9 cm³/mol. The lowest BCUT2D eigenvalue weighted by Crippen LogP contribution is -2.53. The van der Waals surface area contributed by atoms with Crippen LogP contribution >= 0.6 is 0 Å². The van der Waals surface area contributed by atoms with Gasteiger partial charge in [-0.3, -0.25) is 14.4 Å². The zero-order valence-corrected chi connectivity index (χ0v) is 14.0. The van der Waals surface area contributed by atoms with Crippen LogP contribution in [0.25, 0.3) is 0 Å². The number of hydrogen-bond acceptors (Lipinski definition) is 4. The Bertz CT molecular complexity index is 421. The maximum atomic E-state index is 11.9. The summed E-state index contributed by atoms with van der Waals surface area (Å²) in [5, 5.41) is 14.1. The van der Waals surface area contributed by atoms with E-state index < -0.39 is 17.4 Å². The van der Waals surface area contributed by atoms with Crippen LogP contribution in [0.5, 0.6) is 0 Å². The zero-order chi connectivity index (χ0) is 17.3. The van der Waals surface area contributed by atoms with Crippen molar-refractivity contribution in [2.75, 3.05) is 20.3 Å². The molecule has 0 spiro atoms. The van der Waals surface area contributed by atoms with E-state index in [4.69, 9.17) is 9.84 Å². The molecule has 0 saturated heterocycles. The molecule has 1 atom stereocenters. The summed E-state index contributed by atoms with van der Waals surface area (Å²) >= 11 is 0. The van der Waals surface area contributed by atoms with Crippen molar-refractivity contribution in [1.29, 1.82) is 0 Å². The second-order valence-corrected chi connectivity index (χ2v) is 6.58. The van der Waals surface area contributed by atoms with Gasteiger partial charge in [0.25, 0.3) is 0 Å². The van der Waals surface area contributed by atoms with Gasteiger partial charge in [-0.15, -0.1) is 0 Å². The highest BCUT2D eigenvalue weighted by molar-refractivity contribution is 5.85. The number of amides is 2. The summed E-state index contributed by atoms with van der Waals surface area (Å²) < 4.78 is 4.96. The second kappa shape index (κ2) is 9.50.